The van der Waals surface area contributed by atoms with Gasteiger partial charge in [-0.25, -0.2) is 0 Å². The van der Waals surface area contributed by atoms with E-state index >= 15 is 0 Å². The lowest BCUT2D eigenvalue weighted by Gasteiger charge is -2.14. The molecule has 0 spiro atoms. The molecule has 2 aliphatic carbocycles. The second kappa shape index (κ2) is 4.68. The largest absolute Gasteiger partial charge is 0.496 e. The molecule has 1 saturated carbocycles. The lowest BCUT2D eigenvalue weighted by atomic mass is 9.96. The summed E-state index contributed by atoms with van der Waals surface area (Å²) in [5.74, 6) is 0.821. The SMILES string of the molecule is COc1cccc2c1C(CC(=O)NC1CC1)CC2=O. The molecule has 0 saturated heterocycles. The molecule has 1 fully saturated rings. The Balaban J connectivity index is 1.81. The van der Waals surface area contributed by atoms with Crippen LogP contribution < -0.4 is 10.1 Å². The van der Waals surface area contributed by atoms with Gasteiger partial charge in [0.05, 0.1) is 7.11 Å². The Bertz CT molecular complexity index is 534. The first-order valence-corrected chi connectivity index (χ1v) is 6.68. The molecule has 1 atom stereocenters. The van der Waals surface area contributed by atoms with Gasteiger partial charge in [0.15, 0.2) is 5.78 Å². The minimum Gasteiger partial charge on any atom is -0.496 e. The first kappa shape index (κ1) is 12.2. The van der Waals surface area contributed by atoms with E-state index in [0.717, 1.165) is 18.4 Å². The Labute approximate surface area is 112 Å². The monoisotopic (exact) mass is 259 g/mol. The molecule has 100 valence electrons. The Morgan fingerprint density at radius 1 is 1.42 bits per heavy atom. The number of ether oxygens (including phenoxy) is 1. The van der Waals surface area contributed by atoms with Gasteiger partial charge in [-0.2, -0.15) is 0 Å². The summed E-state index contributed by atoms with van der Waals surface area (Å²) in [6.45, 7) is 0. The van der Waals surface area contributed by atoms with Gasteiger partial charge in [-0.05, 0) is 18.9 Å². The Kier molecular flexibility index (Phi) is 3.01. The second-order valence-electron chi connectivity index (χ2n) is 5.29. The molecule has 0 radical (unpaired) electrons. The van der Waals surface area contributed by atoms with Crippen molar-refractivity contribution in [3.8, 4) is 5.75 Å². The minimum absolute atomic E-state index is 0.0408. The third kappa shape index (κ3) is 2.35. The summed E-state index contributed by atoms with van der Waals surface area (Å²) in [6.07, 6.45) is 2.94. The number of amides is 1. The maximum Gasteiger partial charge on any atom is 0.220 e. The molecule has 0 aliphatic heterocycles. The van der Waals surface area contributed by atoms with Crippen LogP contribution in [0.2, 0.25) is 0 Å². The van der Waals surface area contributed by atoms with Crippen molar-refractivity contribution in [2.45, 2.75) is 37.6 Å². The van der Waals surface area contributed by atoms with Gasteiger partial charge in [0.2, 0.25) is 5.91 Å². The van der Waals surface area contributed by atoms with E-state index < -0.39 is 0 Å². The van der Waals surface area contributed by atoms with Crippen LogP contribution in [-0.4, -0.2) is 24.8 Å². The molecule has 0 aromatic heterocycles. The van der Waals surface area contributed by atoms with Crippen LogP contribution in [0.4, 0.5) is 0 Å². The van der Waals surface area contributed by atoms with Crippen molar-refractivity contribution < 1.29 is 14.3 Å². The van der Waals surface area contributed by atoms with Crippen LogP contribution in [0.5, 0.6) is 5.75 Å². The standard InChI is InChI=1S/C15H17NO3/c1-19-13-4-2-3-11-12(17)7-9(15(11)13)8-14(18)16-10-5-6-10/h2-4,9-10H,5-8H2,1H3,(H,16,18). The zero-order chi connectivity index (χ0) is 13.4. The molecule has 4 nitrogen and oxygen atoms in total. The fourth-order valence-electron chi connectivity index (χ4n) is 2.73. The van der Waals surface area contributed by atoms with Crippen LogP contribution >= 0.6 is 0 Å². The number of hydrogen-bond donors (Lipinski definition) is 1. The summed E-state index contributed by atoms with van der Waals surface area (Å²) in [4.78, 5) is 23.9. The van der Waals surface area contributed by atoms with E-state index in [1.807, 2.05) is 18.2 Å². The fourth-order valence-corrected chi connectivity index (χ4v) is 2.73. The van der Waals surface area contributed by atoms with Gasteiger partial charge in [0, 0.05) is 35.9 Å². The van der Waals surface area contributed by atoms with E-state index in [1.165, 1.54) is 0 Å². The lowest BCUT2D eigenvalue weighted by Crippen LogP contribution is -2.26. The molecule has 1 N–H and O–H groups in total. The van der Waals surface area contributed by atoms with E-state index in [9.17, 15) is 9.59 Å². The van der Waals surface area contributed by atoms with Crippen LogP contribution in [-0.2, 0) is 4.79 Å². The number of hydrogen-bond acceptors (Lipinski definition) is 3. The first-order chi connectivity index (χ1) is 9.19. The topological polar surface area (TPSA) is 55.4 Å². The highest BCUT2D eigenvalue weighted by Gasteiger charge is 2.34. The first-order valence-electron chi connectivity index (χ1n) is 6.68. The number of Topliss-reactive ketones (excluding diaryl/α,β-unsaturated/α-hetero) is 1. The minimum atomic E-state index is -0.0441. The van der Waals surface area contributed by atoms with Crippen molar-refractivity contribution in [3.63, 3.8) is 0 Å². The lowest BCUT2D eigenvalue weighted by molar-refractivity contribution is -0.121. The smallest absolute Gasteiger partial charge is 0.220 e. The highest BCUT2D eigenvalue weighted by atomic mass is 16.5. The highest BCUT2D eigenvalue weighted by Crippen LogP contribution is 2.41. The quantitative estimate of drug-likeness (QED) is 0.900. The van der Waals surface area contributed by atoms with Crippen LogP contribution in [0.15, 0.2) is 18.2 Å². The van der Waals surface area contributed by atoms with Gasteiger partial charge >= 0.3 is 0 Å². The molecule has 19 heavy (non-hydrogen) atoms. The van der Waals surface area contributed by atoms with Gasteiger partial charge in [0.1, 0.15) is 5.75 Å². The third-order valence-corrected chi connectivity index (χ3v) is 3.80. The van der Waals surface area contributed by atoms with Crippen molar-refractivity contribution >= 4 is 11.7 Å². The number of rotatable bonds is 4. The number of fused-ring (bicyclic) bond motifs is 1. The van der Waals surface area contributed by atoms with Crippen molar-refractivity contribution in [2.24, 2.45) is 0 Å². The molecule has 1 aromatic rings. The van der Waals surface area contributed by atoms with Crippen molar-refractivity contribution in [1.82, 2.24) is 5.32 Å². The van der Waals surface area contributed by atoms with E-state index in [0.29, 0.717) is 30.2 Å². The predicted molar refractivity (Wildman–Crippen MR) is 70.5 cm³/mol. The van der Waals surface area contributed by atoms with E-state index in [2.05, 4.69) is 5.32 Å². The van der Waals surface area contributed by atoms with Crippen LogP contribution in [0.25, 0.3) is 0 Å². The fraction of sp³-hybridized carbons (Fsp3) is 0.467. The highest BCUT2D eigenvalue weighted by molar-refractivity contribution is 6.02. The van der Waals surface area contributed by atoms with Crippen LogP contribution in [0, 0.1) is 0 Å². The van der Waals surface area contributed by atoms with Gasteiger partial charge in [-0.3, -0.25) is 9.59 Å². The summed E-state index contributed by atoms with van der Waals surface area (Å²) in [5, 5.41) is 2.97. The van der Waals surface area contributed by atoms with Crippen LogP contribution in [0.3, 0.4) is 0 Å². The maximum absolute atomic E-state index is 12.0. The number of carbonyl (C=O) groups excluding carboxylic acids is 2. The van der Waals surface area contributed by atoms with Gasteiger partial charge < -0.3 is 10.1 Å². The van der Waals surface area contributed by atoms with E-state index in [1.54, 1.807) is 7.11 Å². The van der Waals surface area contributed by atoms with Crippen molar-refractivity contribution in [2.75, 3.05) is 7.11 Å². The summed E-state index contributed by atoms with van der Waals surface area (Å²) in [6, 6.07) is 5.85. The zero-order valence-electron chi connectivity index (χ0n) is 10.9. The Morgan fingerprint density at radius 2 is 2.21 bits per heavy atom. The summed E-state index contributed by atoms with van der Waals surface area (Å²) < 4.78 is 5.33. The maximum atomic E-state index is 12.0. The van der Waals surface area contributed by atoms with Crippen molar-refractivity contribution in [1.29, 1.82) is 0 Å². The molecule has 1 unspecified atom stereocenters. The average molecular weight is 259 g/mol. The average Bonchev–Trinajstić information content (AvgIpc) is 3.15. The second-order valence-corrected chi connectivity index (χ2v) is 5.29. The molecular weight excluding hydrogens is 242 g/mol. The number of ketones is 1. The molecular formula is C15H17NO3. The number of methoxy groups -OCH3 is 1. The number of carbonyl (C=O) groups is 2. The summed E-state index contributed by atoms with van der Waals surface area (Å²) >= 11 is 0. The molecule has 4 heteroatoms. The molecule has 2 aliphatic rings. The van der Waals surface area contributed by atoms with Crippen LogP contribution in [0.1, 0.15) is 47.5 Å². The van der Waals surface area contributed by atoms with Gasteiger partial charge in [-0.15, -0.1) is 0 Å². The zero-order valence-corrected chi connectivity index (χ0v) is 10.9. The van der Waals surface area contributed by atoms with Gasteiger partial charge in [-0.1, -0.05) is 12.1 Å². The van der Waals surface area contributed by atoms with Gasteiger partial charge in [0.25, 0.3) is 0 Å². The Hall–Kier alpha value is -1.84. The molecule has 3 rings (SSSR count). The summed E-state index contributed by atoms with van der Waals surface area (Å²) in [7, 11) is 1.60. The summed E-state index contributed by atoms with van der Waals surface area (Å²) in [5.41, 5.74) is 1.62. The number of nitrogens with one attached hydrogen (secondary N) is 1. The molecule has 1 amide bonds. The van der Waals surface area contributed by atoms with E-state index in [4.69, 9.17) is 4.74 Å². The molecule has 0 bridgehead atoms. The molecule has 0 heterocycles. The third-order valence-electron chi connectivity index (χ3n) is 3.80. The number of benzene rings is 1. The van der Waals surface area contributed by atoms with Crippen molar-refractivity contribution in [3.05, 3.63) is 29.3 Å². The predicted octanol–water partition coefficient (Wildman–Crippen LogP) is 2.03. The molecule has 1 aromatic carbocycles. The Morgan fingerprint density at radius 3 is 2.89 bits per heavy atom. The normalized spacial score (nSPS) is 21.1. The van der Waals surface area contributed by atoms with E-state index in [-0.39, 0.29) is 17.6 Å².